The highest BCUT2D eigenvalue weighted by Crippen LogP contribution is 2.15. The summed E-state index contributed by atoms with van der Waals surface area (Å²) in [7, 11) is 1.61. The molecule has 1 aromatic heterocycles. The summed E-state index contributed by atoms with van der Waals surface area (Å²) in [6.45, 7) is 1.56. The number of hydrogen-bond acceptors (Lipinski definition) is 5. The quantitative estimate of drug-likeness (QED) is 0.505. The molecule has 0 aliphatic rings. The van der Waals surface area contributed by atoms with E-state index in [1.807, 2.05) is 42.5 Å². The van der Waals surface area contributed by atoms with Gasteiger partial charge in [-0.05, 0) is 28.5 Å². The van der Waals surface area contributed by atoms with Crippen molar-refractivity contribution in [3.05, 3.63) is 71.9 Å². The van der Waals surface area contributed by atoms with Gasteiger partial charge < -0.3 is 20.1 Å². The van der Waals surface area contributed by atoms with Crippen LogP contribution in [-0.2, 0) is 16.1 Å². The fourth-order valence-electron chi connectivity index (χ4n) is 2.84. The van der Waals surface area contributed by atoms with Crippen molar-refractivity contribution in [2.24, 2.45) is 0 Å². The molecule has 2 aromatic carbocycles. The molecule has 0 aliphatic heterocycles. The molecule has 0 radical (unpaired) electrons. The third kappa shape index (κ3) is 6.28. The molecular weight excluding hydrogens is 382 g/mol. The van der Waals surface area contributed by atoms with E-state index < -0.39 is 0 Å². The van der Waals surface area contributed by atoms with Gasteiger partial charge in [0.2, 0.25) is 11.8 Å². The van der Waals surface area contributed by atoms with Gasteiger partial charge in [-0.1, -0.05) is 36.4 Å². The average molecular weight is 407 g/mol. The van der Waals surface area contributed by atoms with E-state index in [2.05, 4.69) is 15.6 Å². The zero-order chi connectivity index (χ0) is 21.2. The molecule has 0 bridgehead atoms. The summed E-state index contributed by atoms with van der Waals surface area (Å²) in [5.41, 5.74) is 1.44. The van der Waals surface area contributed by atoms with E-state index in [4.69, 9.17) is 9.47 Å². The van der Waals surface area contributed by atoms with Gasteiger partial charge in [0.1, 0.15) is 6.61 Å². The van der Waals surface area contributed by atoms with Gasteiger partial charge in [0.15, 0.2) is 0 Å². The van der Waals surface area contributed by atoms with Crippen LogP contribution in [0.25, 0.3) is 10.8 Å². The molecule has 2 amide bonds. The summed E-state index contributed by atoms with van der Waals surface area (Å²) < 4.78 is 10.3. The number of rotatable bonds is 10. The minimum atomic E-state index is -0.193. The number of pyridine rings is 1. The Morgan fingerprint density at radius 2 is 1.80 bits per heavy atom. The van der Waals surface area contributed by atoms with E-state index in [9.17, 15) is 9.59 Å². The summed E-state index contributed by atoms with van der Waals surface area (Å²) >= 11 is 0. The van der Waals surface area contributed by atoms with E-state index >= 15 is 0 Å². The zero-order valence-corrected chi connectivity index (χ0v) is 16.9. The SMILES string of the molecule is COCCOc1ccc(CNC(=O)CCNC(=O)c2ccc3ccccc3c2)cn1. The molecule has 3 rings (SSSR count). The number of amides is 2. The number of fused-ring (bicyclic) bond motifs is 1. The molecule has 0 atom stereocenters. The fraction of sp³-hybridized carbons (Fsp3) is 0.261. The van der Waals surface area contributed by atoms with Crippen LogP contribution in [0.5, 0.6) is 5.88 Å². The second kappa shape index (κ2) is 10.9. The lowest BCUT2D eigenvalue weighted by molar-refractivity contribution is -0.121. The van der Waals surface area contributed by atoms with Crippen molar-refractivity contribution in [3.8, 4) is 5.88 Å². The van der Waals surface area contributed by atoms with Gasteiger partial charge in [-0.3, -0.25) is 9.59 Å². The zero-order valence-electron chi connectivity index (χ0n) is 16.9. The first-order valence-electron chi connectivity index (χ1n) is 9.76. The molecule has 0 spiro atoms. The van der Waals surface area contributed by atoms with Crippen molar-refractivity contribution in [1.29, 1.82) is 0 Å². The summed E-state index contributed by atoms with van der Waals surface area (Å²) in [5.74, 6) is 0.176. The Labute approximate surface area is 175 Å². The predicted octanol–water partition coefficient (Wildman–Crippen LogP) is 2.70. The van der Waals surface area contributed by atoms with Crippen molar-refractivity contribution in [2.45, 2.75) is 13.0 Å². The minimum absolute atomic E-state index is 0.144. The maximum Gasteiger partial charge on any atom is 0.251 e. The van der Waals surface area contributed by atoms with Crippen LogP contribution < -0.4 is 15.4 Å². The highest BCUT2D eigenvalue weighted by atomic mass is 16.5. The van der Waals surface area contributed by atoms with Gasteiger partial charge in [0.05, 0.1) is 6.61 Å². The lowest BCUT2D eigenvalue weighted by Crippen LogP contribution is -2.30. The largest absolute Gasteiger partial charge is 0.475 e. The Hall–Kier alpha value is -3.45. The van der Waals surface area contributed by atoms with Crippen molar-refractivity contribution in [1.82, 2.24) is 15.6 Å². The van der Waals surface area contributed by atoms with Crippen LogP contribution in [0.4, 0.5) is 0 Å². The Morgan fingerprint density at radius 3 is 2.57 bits per heavy atom. The van der Waals surface area contributed by atoms with E-state index in [-0.39, 0.29) is 24.8 Å². The Morgan fingerprint density at radius 1 is 0.967 bits per heavy atom. The standard InChI is InChI=1S/C23H25N3O4/c1-29-12-13-30-22-9-6-17(16-26-22)15-25-21(27)10-11-24-23(28)20-8-7-18-4-2-3-5-19(18)14-20/h2-9,14,16H,10-13,15H2,1H3,(H,24,28)(H,25,27). The maximum atomic E-state index is 12.3. The molecule has 30 heavy (non-hydrogen) atoms. The number of carbonyl (C=O) groups is 2. The van der Waals surface area contributed by atoms with Gasteiger partial charge >= 0.3 is 0 Å². The molecule has 0 saturated heterocycles. The first-order valence-corrected chi connectivity index (χ1v) is 9.76. The summed E-state index contributed by atoms with van der Waals surface area (Å²) in [6.07, 6.45) is 1.86. The number of benzene rings is 2. The highest BCUT2D eigenvalue weighted by molar-refractivity contribution is 5.98. The third-order valence-corrected chi connectivity index (χ3v) is 4.47. The Bertz CT molecular complexity index is 989. The number of aromatic nitrogens is 1. The molecular formula is C23H25N3O4. The first-order chi connectivity index (χ1) is 14.7. The average Bonchev–Trinajstić information content (AvgIpc) is 2.78. The lowest BCUT2D eigenvalue weighted by atomic mass is 10.1. The molecule has 0 saturated carbocycles. The molecule has 156 valence electrons. The number of nitrogens with zero attached hydrogens (tertiary/aromatic N) is 1. The second-order valence-electron chi connectivity index (χ2n) is 6.69. The molecule has 0 fully saturated rings. The molecule has 7 nitrogen and oxygen atoms in total. The smallest absolute Gasteiger partial charge is 0.251 e. The maximum absolute atomic E-state index is 12.3. The Kier molecular flexibility index (Phi) is 7.74. The topological polar surface area (TPSA) is 89.5 Å². The minimum Gasteiger partial charge on any atom is -0.475 e. The van der Waals surface area contributed by atoms with Crippen molar-refractivity contribution < 1.29 is 19.1 Å². The number of carbonyl (C=O) groups excluding carboxylic acids is 2. The van der Waals surface area contributed by atoms with E-state index in [1.54, 1.807) is 25.4 Å². The highest BCUT2D eigenvalue weighted by Gasteiger charge is 2.08. The van der Waals surface area contributed by atoms with Gasteiger partial charge in [-0.25, -0.2) is 4.98 Å². The van der Waals surface area contributed by atoms with Crippen LogP contribution in [0.15, 0.2) is 60.8 Å². The lowest BCUT2D eigenvalue weighted by Gasteiger charge is -2.08. The monoisotopic (exact) mass is 407 g/mol. The van der Waals surface area contributed by atoms with E-state index in [1.165, 1.54) is 0 Å². The van der Waals surface area contributed by atoms with Crippen molar-refractivity contribution in [2.75, 3.05) is 26.9 Å². The van der Waals surface area contributed by atoms with Crippen LogP contribution >= 0.6 is 0 Å². The first kappa shape index (κ1) is 21.3. The molecule has 0 unspecified atom stereocenters. The van der Waals surface area contributed by atoms with E-state index in [0.717, 1.165) is 16.3 Å². The van der Waals surface area contributed by atoms with Crippen molar-refractivity contribution in [3.63, 3.8) is 0 Å². The van der Waals surface area contributed by atoms with Gasteiger partial charge in [-0.15, -0.1) is 0 Å². The summed E-state index contributed by atoms with van der Waals surface area (Å²) in [4.78, 5) is 28.5. The van der Waals surface area contributed by atoms with Gasteiger partial charge in [0, 0.05) is 44.4 Å². The number of methoxy groups -OCH3 is 1. The molecule has 1 heterocycles. The summed E-state index contributed by atoms with van der Waals surface area (Å²) in [5, 5.41) is 7.69. The summed E-state index contributed by atoms with van der Waals surface area (Å²) in [6, 6.07) is 17.0. The second-order valence-corrected chi connectivity index (χ2v) is 6.69. The molecule has 0 aliphatic carbocycles. The van der Waals surface area contributed by atoms with Crippen molar-refractivity contribution >= 4 is 22.6 Å². The third-order valence-electron chi connectivity index (χ3n) is 4.47. The number of nitrogens with one attached hydrogen (secondary N) is 2. The molecule has 7 heteroatoms. The van der Waals surface area contributed by atoms with Crippen LogP contribution in [-0.4, -0.2) is 43.7 Å². The van der Waals surface area contributed by atoms with E-state index in [0.29, 0.717) is 31.2 Å². The predicted molar refractivity (Wildman–Crippen MR) is 114 cm³/mol. The normalized spacial score (nSPS) is 10.6. The van der Waals surface area contributed by atoms with Crippen LogP contribution in [0.2, 0.25) is 0 Å². The fourth-order valence-corrected chi connectivity index (χ4v) is 2.84. The number of hydrogen-bond donors (Lipinski definition) is 2. The van der Waals surface area contributed by atoms with Crippen LogP contribution in [0.1, 0.15) is 22.3 Å². The molecule has 3 aromatic rings. The van der Waals surface area contributed by atoms with Crippen LogP contribution in [0, 0.1) is 0 Å². The van der Waals surface area contributed by atoms with Crippen LogP contribution in [0.3, 0.4) is 0 Å². The van der Waals surface area contributed by atoms with Gasteiger partial charge in [0.25, 0.3) is 5.91 Å². The molecule has 2 N–H and O–H groups in total. The Balaban J connectivity index is 1.38. The van der Waals surface area contributed by atoms with Gasteiger partial charge in [-0.2, -0.15) is 0 Å². The number of ether oxygens (including phenoxy) is 2.